The number of thioether (sulfide) groups is 1. The Labute approximate surface area is 97.0 Å². The largest absolute Gasteiger partial charge is 0.337 e. The van der Waals surface area contributed by atoms with Crippen LogP contribution in [0, 0.1) is 0 Å². The lowest BCUT2D eigenvalue weighted by molar-refractivity contribution is -0.131. The van der Waals surface area contributed by atoms with Crippen molar-refractivity contribution < 1.29 is 4.79 Å². The van der Waals surface area contributed by atoms with Crippen LogP contribution in [-0.4, -0.2) is 47.0 Å². The van der Waals surface area contributed by atoms with Crippen molar-refractivity contribution in [2.45, 2.75) is 38.5 Å². The van der Waals surface area contributed by atoms with E-state index in [1.807, 2.05) is 4.90 Å². The number of carbonyl (C=O) groups excluding carboxylic acids is 1. The maximum absolute atomic E-state index is 11.9. The van der Waals surface area contributed by atoms with Gasteiger partial charge in [0, 0.05) is 30.4 Å². The van der Waals surface area contributed by atoms with Crippen molar-refractivity contribution in [2.75, 3.05) is 25.4 Å². The fourth-order valence-corrected chi connectivity index (χ4v) is 2.30. The van der Waals surface area contributed by atoms with Gasteiger partial charge in [-0.05, 0) is 6.92 Å². The summed E-state index contributed by atoms with van der Waals surface area (Å²) >= 11 is 1.73. The number of carbonyl (C=O) groups is 1. The third-order valence-corrected chi connectivity index (χ3v) is 3.71. The average Bonchev–Trinajstić information content (AvgIpc) is 2.14. The smallest absolute Gasteiger partial charge is 0.232 e. The summed E-state index contributed by atoms with van der Waals surface area (Å²) in [7, 11) is 0. The number of piperazine rings is 1. The summed E-state index contributed by atoms with van der Waals surface area (Å²) in [5.74, 6) is 0.886. The second-order valence-corrected chi connectivity index (χ2v) is 6.84. The molecule has 0 aliphatic carbocycles. The first-order chi connectivity index (χ1) is 6.90. The quantitative estimate of drug-likeness (QED) is 0.777. The average molecular weight is 230 g/mol. The maximum Gasteiger partial charge on any atom is 0.232 e. The Morgan fingerprint density at radius 1 is 1.53 bits per heavy atom. The highest BCUT2D eigenvalue weighted by Crippen LogP contribution is 2.23. The lowest BCUT2D eigenvalue weighted by Crippen LogP contribution is -2.52. The highest BCUT2D eigenvalue weighted by atomic mass is 32.2. The predicted octanol–water partition coefficient (Wildman–Crippen LogP) is 1.34. The van der Waals surface area contributed by atoms with E-state index in [0.29, 0.717) is 11.8 Å². The molecule has 0 aromatic carbocycles. The van der Waals surface area contributed by atoms with E-state index in [9.17, 15) is 4.79 Å². The minimum absolute atomic E-state index is 0.174. The molecule has 1 aliphatic rings. The van der Waals surface area contributed by atoms with Gasteiger partial charge in [0.05, 0.1) is 5.75 Å². The normalized spacial score (nSPS) is 22.9. The Hall–Kier alpha value is -0.220. The molecule has 1 amide bonds. The van der Waals surface area contributed by atoms with Crippen molar-refractivity contribution in [2.24, 2.45) is 0 Å². The zero-order valence-corrected chi connectivity index (χ0v) is 11.0. The number of hydrogen-bond acceptors (Lipinski definition) is 3. The molecule has 88 valence electrons. The van der Waals surface area contributed by atoms with Crippen LogP contribution < -0.4 is 5.32 Å². The van der Waals surface area contributed by atoms with Crippen LogP contribution in [-0.2, 0) is 4.79 Å². The first-order valence-electron chi connectivity index (χ1n) is 5.54. The molecule has 0 spiro atoms. The Morgan fingerprint density at radius 3 is 2.73 bits per heavy atom. The van der Waals surface area contributed by atoms with Gasteiger partial charge in [-0.1, -0.05) is 20.8 Å². The van der Waals surface area contributed by atoms with Gasteiger partial charge in [0.25, 0.3) is 0 Å². The molecule has 3 nitrogen and oxygen atoms in total. The molecule has 1 heterocycles. The highest BCUT2D eigenvalue weighted by Gasteiger charge is 2.24. The summed E-state index contributed by atoms with van der Waals surface area (Å²) < 4.78 is 0.174. The van der Waals surface area contributed by atoms with Gasteiger partial charge in [-0.25, -0.2) is 0 Å². The van der Waals surface area contributed by atoms with E-state index in [2.05, 4.69) is 33.0 Å². The van der Waals surface area contributed by atoms with Crippen molar-refractivity contribution in [3.05, 3.63) is 0 Å². The number of rotatable bonds is 2. The molecule has 0 radical (unpaired) electrons. The second kappa shape index (κ2) is 5.21. The molecule has 0 unspecified atom stereocenters. The first kappa shape index (κ1) is 12.8. The van der Waals surface area contributed by atoms with Crippen LogP contribution in [0.15, 0.2) is 0 Å². The molecule has 1 N–H and O–H groups in total. The summed E-state index contributed by atoms with van der Waals surface area (Å²) in [6.07, 6.45) is 0. The molecule has 1 aliphatic heterocycles. The van der Waals surface area contributed by atoms with Gasteiger partial charge in [0.15, 0.2) is 0 Å². The molecule has 0 saturated carbocycles. The first-order valence-corrected chi connectivity index (χ1v) is 6.53. The molecule has 4 heteroatoms. The van der Waals surface area contributed by atoms with Gasteiger partial charge in [-0.15, -0.1) is 11.8 Å². The fourth-order valence-electron chi connectivity index (χ4n) is 1.57. The van der Waals surface area contributed by atoms with Gasteiger partial charge in [-0.3, -0.25) is 4.79 Å². The van der Waals surface area contributed by atoms with Crippen molar-refractivity contribution >= 4 is 17.7 Å². The van der Waals surface area contributed by atoms with Gasteiger partial charge in [0.1, 0.15) is 0 Å². The highest BCUT2D eigenvalue weighted by molar-refractivity contribution is 8.01. The van der Waals surface area contributed by atoms with E-state index < -0.39 is 0 Å². The minimum atomic E-state index is 0.174. The van der Waals surface area contributed by atoms with Gasteiger partial charge < -0.3 is 10.2 Å². The van der Waals surface area contributed by atoms with Crippen LogP contribution in [0.4, 0.5) is 0 Å². The van der Waals surface area contributed by atoms with Crippen molar-refractivity contribution in [3.63, 3.8) is 0 Å². The van der Waals surface area contributed by atoms with Crippen LogP contribution >= 0.6 is 11.8 Å². The van der Waals surface area contributed by atoms with Crippen LogP contribution in [0.5, 0.6) is 0 Å². The minimum Gasteiger partial charge on any atom is -0.337 e. The van der Waals surface area contributed by atoms with E-state index in [1.54, 1.807) is 11.8 Å². The third kappa shape index (κ3) is 4.43. The van der Waals surface area contributed by atoms with Crippen LogP contribution in [0.2, 0.25) is 0 Å². The molecule has 1 rings (SSSR count). The summed E-state index contributed by atoms with van der Waals surface area (Å²) in [5, 5.41) is 3.29. The molecular formula is C11H22N2OS. The van der Waals surface area contributed by atoms with E-state index in [4.69, 9.17) is 0 Å². The van der Waals surface area contributed by atoms with E-state index in [0.717, 1.165) is 19.6 Å². The zero-order chi connectivity index (χ0) is 11.5. The van der Waals surface area contributed by atoms with Crippen LogP contribution in [0.25, 0.3) is 0 Å². The van der Waals surface area contributed by atoms with Crippen LogP contribution in [0.1, 0.15) is 27.7 Å². The molecular weight excluding hydrogens is 208 g/mol. The lowest BCUT2D eigenvalue weighted by Gasteiger charge is -2.34. The molecule has 1 fully saturated rings. The van der Waals surface area contributed by atoms with Crippen LogP contribution in [0.3, 0.4) is 0 Å². The molecule has 15 heavy (non-hydrogen) atoms. The number of nitrogens with one attached hydrogen (secondary N) is 1. The second-order valence-electron chi connectivity index (χ2n) is 5.04. The van der Waals surface area contributed by atoms with Crippen molar-refractivity contribution in [1.29, 1.82) is 0 Å². The Balaban J connectivity index is 2.39. The summed E-state index contributed by atoms with van der Waals surface area (Å²) in [6, 6.07) is 0.340. The maximum atomic E-state index is 11.9. The van der Waals surface area contributed by atoms with E-state index in [1.165, 1.54) is 0 Å². The third-order valence-electron chi connectivity index (χ3n) is 2.45. The number of nitrogens with zero attached hydrogens (tertiary/aromatic N) is 1. The van der Waals surface area contributed by atoms with Crippen molar-refractivity contribution in [1.82, 2.24) is 10.2 Å². The lowest BCUT2D eigenvalue weighted by atomic mass is 10.2. The molecule has 0 bridgehead atoms. The van der Waals surface area contributed by atoms with Crippen molar-refractivity contribution in [3.8, 4) is 0 Å². The summed E-state index contributed by atoms with van der Waals surface area (Å²) in [5.41, 5.74) is 0. The zero-order valence-electron chi connectivity index (χ0n) is 10.2. The topological polar surface area (TPSA) is 32.3 Å². The molecule has 0 aromatic heterocycles. The number of hydrogen-bond donors (Lipinski definition) is 1. The summed E-state index contributed by atoms with van der Waals surface area (Å²) in [4.78, 5) is 13.9. The van der Waals surface area contributed by atoms with E-state index in [-0.39, 0.29) is 10.7 Å². The molecule has 1 atom stereocenters. The fraction of sp³-hybridized carbons (Fsp3) is 0.909. The Kier molecular flexibility index (Phi) is 4.46. The van der Waals surface area contributed by atoms with E-state index >= 15 is 0 Å². The van der Waals surface area contributed by atoms with Gasteiger partial charge in [0.2, 0.25) is 5.91 Å². The number of amides is 1. The molecule has 0 aromatic rings. The summed E-state index contributed by atoms with van der Waals surface area (Å²) in [6.45, 7) is 11.2. The SMILES string of the molecule is C[C@@H]1CNCCN1C(=O)CSC(C)(C)C. The Morgan fingerprint density at radius 2 is 2.20 bits per heavy atom. The molecule has 1 saturated heterocycles. The Bertz CT molecular complexity index is 225. The monoisotopic (exact) mass is 230 g/mol. The van der Waals surface area contributed by atoms with Gasteiger partial charge >= 0.3 is 0 Å². The standard InChI is InChI=1S/C11H22N2OS/c1-9-7-12-5-6-13(9)10(14)8-15-11(2,3)4/h9,12H,5-8H2,1-4H3/t9-/m1/s1. The predicted molar refractivity (Wildman–Crippen MR) is 66.3 cm³/mol. The van der Waals surface area contributed by atoms with Gasteiger partial charge in [-0.2, -0.15) is 0 Å².